The predicted molar refractivity (Wildman–Crippen MR) is 113 cm³/mol. The van der Waals surface area contributed by atoms with Crippen LogP contribution >= 0.6 is 0 Å². The Balaban J connectivity index is 1.81. The molecule has 154 valence electrons. The van der Waals surface area contributed by atoms with Gasteiger partial charge in [-0.25, -0.2) is 4.79 Å². The van der Waals surface area contributed by atoms with Crippen LogP contribution in [0.3, 0.4) is 0 Å². The van der Waals surface area contributed by atoms with Gasteiger partial charge in [0, 0.05) is 17.7 Å². The second-order valence-electron chi connectivity index (χ2n) is 6.51. The highest BCUT2D eigenvalue weighted by Crippen LogP contribution is 2.32. The number of esters is 1. The van der Waals surface area contributed by atoms with Gasteiger partial charge in [-0.15, -0.1) is 0 Å². The highest BCUT2D eigenvalue weighted by atomic mass is 16.6. The van der Waals surface area contributed by atoms with E-state index >= 15 is 0 Å². The van der Waals surface area contributed by atoms with E-state index in [1.165, 1.54) is 31.4 Å². The smallest absolute Gasteiger partial charge is 0.343 e. The fourth-order valence-electron chi connectivity index (χ4n) is 3.02. The first-order chi connectivity index (χ1) is 15.0. The molecule has 0 aliphatic heterocycles. The maximum Gasteiger partial charge on any atom is 0.343 e. The number of fused-ring (bicyclic) bond motifs is 1. The van der Waals surface area contributed by atoms with E-state index in [0.29, 0.717) is 16.9 Å². The summed E-state index contributed by atoms with van der Waals surface area (Å²) in [5.74, 6) is -0.419. The van der Waals surface area contributed by atoms with E-state index in [1.807, 2.05) is 0 Å². The number of carbonyl (C=O) groups is 1. The van der Waals surface area contributed by atoms with Crippen LogP contribution in [-0.2, 0) is 0 Å². The Labute approximate surface area is 175 Å². The molecule has 0 saturated heterocycles. The van der Waals surface area contributed by atoms with Crippen LogP contribution in [0.25, 0.3) is 22.3 Å². The first kappa shape index (κ1) is 19.8. The number of para-hydroxylation sites is 1. The Morgan fingerprint density at radius 3 is 2.29 bits per heavy atom. The van der Waals surface area contributed by atoms with Crippen LogP contribution in [-0.4, -0.2) is 18.0 Å². The van der Waals surface area contributed by atoms with Crippen molar-refractivity contribution in [3.05, 3.63) is 98.7 Å². The van der Waals surface area contributed by atoms with Crippen molar-refractivity contribution in [2.45, 2.75) is 0 Å². The average Bonchev–Trinajstić information content (AvgIpc) is 2.81. The van der Waals surface area contributed by atoms with Crippen LogP contribution in [0.5, 0.6) is 11.5 Å². The van der Waals surface area contributed by atoms with Crippen molar-refractivity contribution in [3.8, 4) is 22.8 Å². The van der Waals surface area contributed by atoms with Crippen molar-refractivity contribution in [3.63, 3.8) is 0 Å². The fraction of sp³-hybridized carbons (Fsp3) is 0.0435. The van der Waals surface area contributed by atoms with Crippen LogP contribution in [0.4, 0.5) is 5.69 Å². The molecule has 0 bridgehead atoms. The molecule has 0 N–H and O–H groups in total. The molecular formula is C23H15NO7. The molecular weight excluding hydrogens is 402 g/mol. The zero-order valence-corrected chi connectivity index (χ0v) is 16.2. The third-order valence-corrected chi connectivity index (χ3v) is 4.62. The summed E-state index contributed by atoms with van der Waals surface area (Å²) < 4.78 is 16.5. The highest BCUT2D eigenvalue weighted by molar-refractivity contribution is 5.93. The van der Waals surface area contributed by atoms with Crippen molar-refractivity contribution in [1.29, 1.82) is 0 Å². The first-order valence-corrected chi connectivity index (χ1v) is 9.15. The van der Waals surface area contributed by atoms with E-state index in [0.717, 1.165) is 0 Å². The lowest BCUT2D eigenvalue weighted by atomic mass is 10.1. The summed E-state index contributed by atoms with van der Waals surface area (Å²) in [6, 6.07) is 18.2. The predicted octanol–water partition coefficient (Wildman–Crippen LogP) is 4.60. The molecule has 0 amide bonds. The number of ether oxygens (including phenoxy) is 2. The minimum absolute atomic E-state index is 0.0545. The van der Waals surface area contributed by atoms with Gasteiger partial charge in [-0.3, -0.25) is 14.9 Å². The first-order valence-electron chi connectivity index (χ1n) is 9.15. The fourth-order valence-corrected chi connectivity index (χ4v) is 3.02. The largest absolute Gasteiger partial charge is 0.497 e. The lowest BCUT2D eigenvalue weighted by Gasteiger charge is -2.11. The van der Waals surface area contributed by atoms with E-state index in [2.05, 4.69) is 0 Å². The van der Waals surface area contributed by atoms with Gasteiger partial charge in [-0.1, -0.05) is 12.1 Å². The number of hydrogen-bond acceptors (Lipinski definition) is 7. The second kappa shape index (κ2) is 8.11. The molecule has 0 saturated carbocycles. The topological polar surface area (TPSA) is 109 Å². The van der Waals surface area contributed by atoms with Gasteiger partial charge in [0.2, 0.25) is 11.2 Å². The van der Waals surface area contributed by atoms with Crippen molar-refractivity contribution >= 4 is 22.6 Å². The van der Waals surface area contributed by atoms with Gasteiger partial charge in [0.05, 0.1) is 23.0 Å². The van der Waals surface area contributed by atoms with Crippen LogP contribution in [0.1, 0.15) is 10.4 Å². The highest BCUT2D eigenvalue weighted by Gasteiger charge is 2.21. The van der Waals surface area contributed by atoms with Gasteiger partial charge in [0.15, 0.2) is 5.76 Å². The van der Waals surface area contributed by atoms with E-state index in [1.54, 1.807) is 48.5 Å². The molecule has 1 heterocycles. The van der Waals surface area contributed by atoms with E-state index < -0.39 is 16.3 Å². The normalized spacial score (nSPS) is 10.6. The Kier molecular flexibility index (Phi) is 5.19. The number of nitro benzene ring substituents is 1. The lowest BCUT2D eigenvalue weighted by molar-refractivity contribution is -0.384. The summed E-state index contributed by atoms with van der Waals surface area (Å²) in [6.45, 7) is 0. The van der Waals surface area contributed by atoms with Crippen LogP contribution < -0.4 is 14.9 Å². The van der Waals surface area contributed by atoms with E-state index in [4.69, 9.17) is 13.9 Å². The number of nitro groups is 1. The van der Waals surface area contributed by atoms with Gasteiger partial charge in [-0.05, 0) is 48.5 Å². The molecule has 31 heavy (non-hydrogen) atoms. The molecule has 0 atom stereocenters. The number of methoxy groups -OCH3 is 1. The molecule has 0 aliphatic carbocycles. The summed E-state index contributed by atoms with van der Waals surface area (Å²) in [6.07, 6.45) is 0. The van der Waals surface area contributed by atoms with Gasteiger partial charge < -0.3 is 13.9 Å². The monoisotopic (exact) mass is 417 g/mol. The molecule has 0 unspecified atom stereocenters. The van der Waals surface area contributed by atoms with Crippen molar-refractivity contribution in [1.82, 2.24) is 0 Å². The molecule has 4 rings (SSSR count). The third-order valence-electron chi connectivity index (χ3n) is 4.62. The van der Waals surface area contributed by atoms with Crippen molar-refractivity contribution in [2.24, 2.45) is 0 Å². The summed E-state index contributed by atoms with van der Waals surface area (Å²) >= 11 is 0. The number of nitrogens with zero attached hydrogens (tertiary/aromatic N) is 1. The average molecular weight is 417 g/mol. The molecule has 8 heteroatoms. The van der Waals surface area contributed by atoms with Crippen LogP contribution in [0.15, 0.2) is 82.0 Å². The number of carbonyl (C=O) groups excluding carboxylic acids is 1. The maximum atomic E-state index is 13.1. The zero-order valence-electron chi connectivity index (χ0n) is 16.2. The van der Waals surface area contributed by atoms with E-state index in [-0.39, 0.29) is 28.1 Å². The SMILES string of the molecule is COc1ccc(-c2oc3ccccc3c(=O)c2OC(=O)c2ccc([N+](=O)[O-])cc2)cc1. The number of hydrogen-bond donors (Lipinski definition) is 0. The standard InChI is InChI=1S/C23H15NO7/c1-29-17-12-8-14(9-13-17)21-22(20(25)18-4-2-3-5-19(18)30-21)31-23(26)15-6-10-16(11-7-15)24(27)28/h2-13H,1H3. The van der Waals surface area contributed by atoms with Crippen LogP contribution in [0, 0.1) is 10.1 Å². The van der Waals surface area contributed by atoms with Gasteiger partial charge in [0.1, 0.15) is 11.3 Å². The Morgan fingerprint density at radius 1 is 0.968 bits per heavy atom. The molecule has 0 aliphatic rings. The molecule has 4 aromatic rings. The molecule has 3 aromatic carbocycles. The minimum atomic E-state index is -0.841. The summed E-state index contributed by atoms with van der Waals surface area (Å²) in [5.41, 5.74) is 0.228. The molecule has 1 aromatic heterocycles. The summed E-state index contributed by atoms with van der Waals surface area (Å²) in [7, 11) is 1.53. The lowest BCUT2D eigenvalue weighted by Crippen LogP contribution is -2.16. The van der Waals surface area contributed by atoms with Crippen molar-refractivity contribution < 1.29 is 23.6 Å². The Bertz CT molecular complexity index is 1340. The molecule has 0 spiro atoms. The Morgan fingerprint density at radius 2 is 1.65 bits per heavy atom. The van der Waals surface area contributed by atoms with Crippen molar-refractivity contribution in [2.75, 3.05) is 7.11 Å². The minimum Gasteiger partial charge on any atom is -0.497 e. The molecule has 8 nitrogen and oxygen atoms in total. The summed E-state index contributed by atoms with van der Waals surface area (Å²) in [5, 5.41) is 11.1. The van der Waals surface area contributed by atoms with Gasteiger partial charge in [-0.2, -0.15) is 0 Å². The maximum absolute atomic E-state index is 13.1. The quantitative estimate of drug-likeness (QED) is 0.265. The number of rotatable bonds is 5. The zero-order chi connectivity index (χ0) is 22.0. The van der Waals surface area contributed by atoms with E-state index in [9.17, 15) is 19.7 Å². The summed E-state index contributed by atoms with van der Waals surface area (Å²) in [4.78, 5) is 36.0. The Hall–Kier alpha value is -4.46. The van der Waals surface area contributed by atoms with Gasteiger partial charge in [0.25, 0.3) is 5.69 Å². The third kappa shape index (κ3) is 3.86. The second-order valence-corrected chi connectivity index (χ2v) is 6.51. The molecule has 0 radical (unpaired) electrons. The number of non-ortho nitro benzene ring substituents is 1. The number of benzene rings is 3. The molecule has 0 fully saturated rings. The van der Waals surface area contributed by atoms with Gasteiger partial charge >= 0.3 is 5.97 Å². The van der Waals surface area contributed by atoms with Crippen LogP contribution in [0.2, 0.25) is 0 Å².